The van der Waals surface area contributed by atoms with Gasteiger partial charge in [-0.15, -0.1) is 0 Å². The lowest BCUT2D eigenvalue weighted by atomic mass is 10.1. The monoisotopic (exact) mass is 453 g/mol. The normalized spacial score (nSPS) is 10.7. The van der Waals surface area contributed by atoms with Crippen LogP contribution in [0.5, 0.6) is 0 Å². The lowest BCUT2D eigenvalue weighted by molar-refractivity contribution is 0.0951. The summed E-state index contributed by atoms with van der Waals surface area (Å²) in [6.07, 6.45) is 2.52. The Morgan fingerprint density at radius 1 is 1.26 bits per heavy atom. The van der Waals surface area contributed by atoms with Crippen LogP contribution in [0.4, 0.5) is 0 Å². The molecule has 0 bridgehead atoms. The van der Waals surface area contributed by atoms with Crippen LogP contribution in [-0.4, -0.2) is 23.7 Å². The highest BCUT2D eigenvalue weighted by Crippen LogP contribution is 2.19. The number of carbonyl (C=O) groups excluding carboxylic acids is 1. The van der Waals surface area contributed by atoms with Crippen LogP contribution in [0.3, 0.4) is 0 Å². The summed E-state index contributed by atoms with van der Waals surface area (Å²) >= 11 is 9.32. The number of pyridine rings is 1. The number of benzene rings is 1. The summed E-state index contributed by atoms with van der Waals surface area (Å²) in [6, 6.07) is 7.73. The Morgan fingerprint density at radius 2 is 2.00 bits per heavy atom. The Bertz CT molecular complexity index is 880. The smallest absolute Gasteiger partial charge is 0.283 e. The number of nitrogens with zero attached hydrogens (tertiary/aromatic N) is 1. The maximum absolute atomic E-state index is 12.7. The number of hydrogen-bond acceptors (Lipinski definition) is 3. The molecule has 7 heteroatoms. The first kappa shape index (κ1) is 21.5. The Hall–Kier alpha value is -1.79. The number of carbonyl (C=O) groups is 1. The number of aromatic nitrogens is 1. The van der Waals surface area contributed by atoms with E-state index in [0.29, 0.717) is 34.4 Å². The molecule has 0 aliphatic carbocycles. The van der Waals surface area contributed by atoms with Gasteiger partial charge >= 0.3 is 0 Å². The van der Waals surface area contributed by atoms with Crippen molar-refractivity contribution in [3.63, 3.8) is 0 Å². The Labute approximate surface area is 173 Å². The van der Waals surface area contributed by atoms with E-state index in [1.165, 1.54) is 4.68 Å². The average Bonchev–Trinajstić information content (AvgIpc) is 2.64. The lowest BCUT2D eigenvalue weighted by Crippen LogP contribution is -2.36. The minimum Gasteiger partial charge on any atom is -0.352 e. The van der Waals surface area contributed by atoms with Crippen molar-refractivity contribution in [1.29, 1.82) is 0 Å². The molecule has 0 aliphatic heterocycles. The molecule has 0 atom stereocenters. The summed E-state index contributed by atoms with van der Waals surface area (Å²) in [5.74, 6) is -0.177. The van der Waals surface area contributed by atoms with Crippen molar-refractivity contribution >= 4 is 33.4 Å². The number of amides is 1. The topological polar surface area (TPSA) is 63.1 Å². The molecule has 2 N–H and O–H groups in total. The quantitative estimate of drug-likeness (QED) is 0.588. The van der Waals surface area contributed by atoms with Gasteiger partial charge in [0.15, 0.2) is 0 Å². The van der Waals surface area contributed by atoms with Gasteiger partial charge in [-0.1, -0.05) is 30.7 Å². The lowest BCUT2D eigenvalue weighted by Gasteiger charge is -2.18. The van der Waals surface area contributed by atoms with Gasteiger partial charge in [0.1, 0.15) is 0 Å². The minimum absolute atomic E-state index is 0.177. The third-order valence-electron chi connectivity index (χ3n) is 4.36. The first-order valence-corrected chi connectivity index (χ1v) is 10.2. The van der Waals surface area contributed by atoms with Crippen LogP contribution < -0.4 is 16.3 Å². The SMILES string of the molecule is CCCNn1c(C)c(C(=O)NCCCc2cccc(Cl)c2)c(C)c(Br)c1=O. The molecular formula is C20H25BrClN3O2. The first-order valence-electron chi connectivity index (χ1n) is 9.05. The second kappa shape index (κ2) is 9.95. The summed E-state index contributed by atoms with van der Waals surface area (Å²) in [4.78, 5) is 25.2. The van der Waals surface area contributed by atoms with E-state index in [1.807, 2.05) is 31.2 Å². The van der Waals surface area contributed by atoms with Crippen LogP contribution in [0, 0.1) is 13.8 Å². The number of rotatable bonds is 8. The number of hydrogen-bond donors (Lipinski definition) is 2. The number of aryl methyl sites for hydroxylation is 1. The molecule has 0 saturated carbocycles. The number of halogens is 2. The minimum atomic E-state index is -0.184. The molecule has 2 aromatic rings. The van der Waals surface area contributed by atoms with E-state index in [-0.39, 0.29) is 11.5 Å². The zero-order valence-electron chi connectivity index (χ0n) is 15.9. The molecule has 1 aromatic heterocycles. The molecule has 1 amide bonds. The van der Waals surface area contributed by atoms with E-state index >= 15 is 0 Å². The molecule has 0 saturated heterocycles. The van der Waals surface area contributed by atoms with E-state index in [4.69, 9.17) is 11.6 Å². The van der Waals surface area contributed by atoms with Gasteiger partial charge in [-0.05, 0) is 72.3 Å². The van der Waals surface area contributed by atoms with Crippen LogP contribution in [-0.2, 0) is 6.42 Å². The van der Waals surface area contributed by atoms with Crippen molar-refractivity contribution in [2.24, 2.45) is 0 Å². The van der Waals surface area contributed by atoms with Crippen molar-refractivity contribution in [3.8, 4) is 0 Å². The summed E-state index contributed by atoms with van der Waals surface area (Å²) in [6.45, 7) is 6.78. The fraction of sp³-hybridized carbons (Fsp3) is 0.400. The zero-order valence-corrected chi connectivity index (χ0v) is 18.2. The van der Waals surface area contributed by atoms with Gasteiger partial charge in [0, 0.05) is 18.1 Å². The summed E-state index contributed by atoms with van der Waals surface area (Å²) in [5.41, 5.74) is 5.81. The molecule has 0 fully saturated rings. The standard InChI is InChI=1S/C20H25BrClN3O2/c1-4-10-24-25-14(3)17(13(2)18(21)20(25)27)19(26)23-11-6-8-15-7-5-9-16(22)12-15/h5,7,9,12,24H,4,6,8,10-11H2,1-3H3,(H,23,26). The predicted octanol–water partition coefficient (Wildman–Crippen LogP) is 4.20. The number of nitrogens with one attached hydrogen (secondary N) is 2. The molecule has 0 spiro atoms. The van der Waals surface area contributed by atoms with E-state index in [0.717, 1.165) is 29.8 Å². The molecule has 0 unspecified atom stereocenters. The molecule has 5 nitrogen and oxygen atoms in total. The van der Waals surface area contributed by atoms with Gasteiger partial charge in [-0.2, -0.15) is 0 Å². The largest absolute Gasteiger partial charge is 0.352 e. The highest BCUT2D eigenvalue weighted by molar-refractivity contribution is 9.10. The second-order valence-electron chi connectivity index (χ2n) is 6.44. The highest BCUT2D eigenvalue weighted by Gasteiger charge is 2.20. The van der Waals surface area contributed by atoms with Crippen LogP contribution in [0.1, 0.15) is 46.9 Å². The van der Waals surface area contributed by atoms with Gasteiger partial charge in [0.25, 0.3) is 11.5 Å². The van der Waals surface area contributed by atoms with Crippen LogP contribution in [0.15, 0.2) is 33.5 Å². The average molecular weight is 455 g/mol. The fourth-order valence-electron chi connectivity index (χ4n) is 2.93. The van der Waals surface area contributed by atoms with Gasteiger partial charge in [-0.25, -0.2) is 4.68 Å². The first-order chi connectivity index (χ1) is 12.9. The van der Waals surface area contributed by atoms with Crippen molar-refractivity contribution in [2.45, 2.75) is 40.0 Å². The molecule has 1 aromatic carbocycles. The summed E-state index contributed by atoms with van der Waals surface area (Å²) in [5, 5.41) is 3.68. The van der Waals surface area contributed by atoms with E-state index < -0.39 is 0 Å². The molecule has 0 aliphatic rings. The van der Waals surface area contributed by atoms with Gasteiger partial charge in [0.2, 0.25) is 0 Å². The van der Waals surface area contributed by atoms with Crippen molar-refractivity contribution in [3.05, 3.63) is 66.5 Å². The van der Waals surface area contributed by atoms with Crippen molar-refractivity contribution in [1.82, 2.24) is 9.99 Å². The third kappa shape index (κ3) is 5.36. The Kier molecular flexibility index (Phi) is 7.92. The van der Waals surface area contributed by atoms with Gasteiger partial charge in [-0.3, -0.25) is 9.59 Å². The van der Waals surface area contributed by atoms with Crippen LogP contribution in [0.2, 0.25) is 5.02 Å². The van der Waals surface area contributed by atoms with E-state index in [1.54, 1.807) is 13.8 Å². The Balaban J connectivity index is 2.09. The molecule has 1 heterocycles. The molecule has 27 heavy (non-hydrogen) atoms. The van der Waals surface area contributed by atoms with Gasteiger partial charge in [0.05, 0.1) is 15.7 Å². The van der Waals surface area contributed by atoms with E-state index in [2.05, 4.69) is 26.7 Å². The fourth-order valence-corrected chi connectivity index (χ4v) is 3.52. The highest BCUT2D eigenvalue weighted by atomic mass is 79.9. The van der Waals surface area contributed by atoms with Crippen LogP contribution >= 0.6 is 27.5 Å². The van der Waals surface area contributed by atoms with E-state index in [9.17, 15) is 9.59 Å². The summed E-state index contributed by atoms with van der Waals surface area (Å²) < 4.78 is 1.85. The Morgan fingerprint density at radius 3 is 2.67 bits per heavy atom. The summed E-state index contributed by atoms with van der Waals surface area (Å²) in [7, 11) is 0. The van der Waals surface area contributed by atoms with Gasteiger partial charge < -0.3 is 10.7 Å². The molecule has 2 rings (SSSR count). The predicted molar refractivity (Wildman–Crippen MR) is 115 cm³/mol. The van der Waals surface area contributed by atoms with Crippen molar-refractivity contribution in [2.75, 3.05) is 18.5 Å². The maximum atomic E-state index is 12.7. The molecule has 146 valence electrons. The van der Waals surface area contributed by atoms with Crippen LogP contribution in [0.25, 0.3) is 0 Å². The second-order valence-corrected chi connectivity index (χ2v) is 7.67. The zero-order chi connectivity index (χ0) is 20.0. The molecule has 0 radical (unpaired) electrons. The maximum Gasteiger partial charge on any atom is 0.283 e. The van der Waals surface area contributed by atoms with Crippen molar-refractivity contribution < 1.29 is 4.79 Å². The third-order valence-corrected chi connectivity index (χ3v) is 5.53. The molecular weight excluding hydrogens is 430 g/mol.